The van der Waals surface area contributed by atoms with Gasteiger partial charge in [-0.1, -0.05) is 6.92 Å². The molecular weight excluding hydrogens is 190 g/mol. The van der Waals surface area contributed by atoms with E-state index in [4.69, 9.17) is 9.84 Å². The van der Waals surface area contributed by atoms with Crippen LogP contribution in [0, 0.1) is 0 Å². The fourth-order valence-electron chi connectivity index (χ4n) is 1.28. The minimum atomic E-state index is -1.19. The van der Waals surface area contributed by atoms with E-state index in [2.05, 4.69) is 5.32 Å². The van der Waals surface area contributed by atoms with Crippen LogP contribution in [-0.4, -0.2) is 52.4 Å². The highest BCUT2D eigenvalue weighted by Crippen LogP contribution is 2.19. The lowest BCUT2D eigenvalue weighted by Gasteiger charge is -2.15. The monoisotopic (exact) mass is 205 g/mol. The largest absolute Gasteiger partial charge is 0.394 e. The molecule has 1 fully saturated rings. The van der Waals surface area contributed by atoms with Crippen LogP contribution in [0.4, 0.5) is 0 Å². The molecule has 1 rings (SSSR count). The molecule has 0 aromatic rings. The average Bonchev–Trinajstić information content (AvgIpc) is 2.45. The van der Waals surface area contributed by atoms with E-state index in [1.54, 1.807) is 6.92 Å². The summed E-state index contributed by atoms with van der Waals surface area (Å²) >= 11 is 0. The van der Waals surface area contributed by atoms with E-state index in [0.717, 1.165) is 0 Å². The Morgan fingerprint density at radius 2 is 2.07 bits per heavy atom. The summed E-state index contributed by atoms with van der Waals surface area (Å²) in [5, 5.41) is 29.9. The Hall–Kier alpha value is -0.690. The summed E-state index contributed by atoms with van der Waals surface area (Å²) in [6.45, 7) is 1.27. The molecule has 0 aromatic carbocycles. The van der Waals surface area contributed by atoms with Crippen LogP contribution >= 0.6 is 0 Å². The van der Waals surface area contributed by atoms with Gasteiger partial charge in [-0.05, 0) is 0 Å². The number of amides is 1. The van der Waals surface area contributed by atoms with E-state index in [1.165, 1.54) is 0 Å². The van der Waals surface area contributed by atoms with Gasteiger partial charge in [-0.25, -0.2) is 0 Å². The number of ether oxygens (including phenoxy) is 1. The van der Waals surface area contributed by atoms with Crippen LogP contribution in [0.25, 0.3) is 0 Å². The number of hydrogen-bond donors (Lipinski definition) is 4. The Bertz CT molecular complexity index is 210. The van der Waals surface area contributed by atoms with Crippen molar-refractivity contribution in [2.75, 3.05) is 6.61 Å². The third-order valence-electron chi connectivity index (χ3n) is 2.17. The van der Waals surface area contributed by atoms with Gasteiger partial charge in [0.15, 0.2) is 6.23 Å². The lowest BCUT2D eigenvalue weighted by Crippen LogP contribution is -2.43. The van der Waals surface area contributed by atoms with Crippen molar-refractivity contribution in [3.8, 4) is 0 Å². The zero-order valence-corrected chi connectivity index (χ0v) is 7.88. The molecule has 4 atom stereocenters. The van der Waals surface area contributed by atoms with Gasteiger partial charge in [-0.3, -0.25) is 4.79 Å². The summed E-state index contributed by atoms with van der Waals surface area (Å²) in [5.74, 6) is -0.278. The fourth-order valence-corrected chi connectivity index (χ4v) is 1.28. The molecule has 1 unspecified atom stereocenters. The van der Waals surface area contributed by atoms with Crippen molar-refractivity contribution >= 4 is 5.91 Å². The zero-order valence-electron chi connectivity index (χ0n) is 7.88. The summed E-state index contributed by atoms with van der Waals surface area (Å²) in [6.07, 6.45) is -3.86. The van der Waals surface area contributed by atoms with Gasteiger partial charge in [0.1, 0.15) is 18.3 Å². The highest BCUT2D eigenvalue weighted by Gasteiger charge is 2.42. The number of rotatable bonds is 3. The van der Waals surface area contributed by atoms with Crippen LogP contribution in [0.1, 0.15) is 13.3 Å². The molecule has 4 N–H and O–H groups in total. The van der Waals surface area contributed by atoms with Crippen LogP contribution in [0.15, 0.2) is 0 Å². The van der Waals surface area contributed by atoms with Gasteiger partial charge in [-0.2, -0.15) is 0 Å². The van der Waals surface area contributed by atoms with E-state index >= 15 is 0 Å². The molecule has 0 bridgehead atoms. The molecule has 1 saturated heterocycles. The molecule has 1 heterocycles. The van der Waals surface area contributed by atoms with Crippen LogP contribution in [-0.2, 0) is 9.53 Å². The van der Waals surface area contributed by atoms with Gasteiger partial charge in [-0.15, -0.1) is 0 Å². The number of aliphatic hydroxyl groups excluding tert-OH is 3. The van der Waals surface area contributed by atoms with Crippen LogP contribution in [0.5, 0.6) is 0 Å². The van der Waals surface area contributed by atoms with Gasteiger partial charge in [0, 0.05) is 6.42 Å². The van der Waals surface area contributed by atoms with Crippen LogP contribution in [0.3, 0.4) is 0 Å². The van der Waals surface area contributed by atoms with Crippen molar-refractivity contribution < 1.29 is 24.9 Å². The molecule has 6 nitrogen and oxygen atoms in total. The Labute approximate surface area is 81.5 Å². The van der Waals surface area contributed by atoms with Crippen LogP contribution in [0.2, 0.25) is 0 Å². The predicted octanol–water partition coefficient (Wildman–Crippen LogP) is -2.05. The summed E-state index contributed by atoms with van der Waals surface area (Å²) < 4.78 is 5.03. The zero-order chi connectivity index (χ0) is 10.7. The Morgan fingerprint density at radius 1 is 1.43 bits per heavy atom. The van der Waals surface area contributed by atoms with Crippen LogP contribution < -0.4 is 5.32 Å². The summed E-state index contributed by atoms with van der Waals surface area (Å²) in [5.41, 5.74) is 0. The van der Waals surface area contributed by atoms with Gasteiger partial charge >= 0.3 is 0 Å². The maximum atomic E-state index is 11.0. The normalized spacial score (nSPS) is 37.1. The predicted molar refractivity (Wildman–Crippen MR) is 46.2 cm³/mol. The minimum absolute atomic E-state index is 0.270. The molecule has 82 valence electrons. The first-order chi connectivity index (χ1) is 6.60. The Morgan fingerprint density at radius 3 is 2.50 bits per heavy atom. The molecule has 0 radical (unpaired) electrons. The maximum Gasteiger partial charge on any atom is 0.221 e. The SMILES string of the molecule is CCC(=O)NC1O[C@H](CO)[C@@H](O)[C@H]1O. The standard InChI is InChI=1S/C8H15NO5/c1-2-5(11)9-8-7(13)6(12)4(3-10)14-8/h4,6-8,10,12-13H,2-3H2,1H3,(H,9,11)/t4-,6-,7-,8?/m1/s1. The third kappa shape index (κ3) is 2.21. The second kappa shape index (κ2) is 4.70. The van der Waals surface area contributed by atoms with E-state index < -0.39 is 31.1 Å². The van der Waals surface area contributed by atoms with Gasteiger partial charge in [0.05, 0.1) is 6.61 Å². The topological polar surface area (TPSA) is 99.0 Å². The van der Waals surface area contributed by atoms with Crippen molar-refractivity contribution in [2.24, 2.45) is 0 Å². The van der Waals surface area contributed by atoms with E-state index in [1.807, 2.05) is 0 Å². The number of carbonyl (C=O) groups excluding carboxylic acids is 1. The van der Waals surface area contributed by atoms with Crippen molar-refractivity contribution in [1.82, 2.24) is 5.32 Å². The quantitative estimate of drug-likeness (QED) is 0.425. The number of carbonyl (C=O) groups is 1. The molecule has 0 aromatic heterocycles. The molecule has 0 spiro atoms. The highest BCUT2D eigenvalue weighted by atomic mass is 16.6. The molecule has 6 heteroatoms. The van der Waals surface area contributed by atoms with E-state index in [-0.39, 0.29) is 12.3 Å². The van der Waals surface area contributed by atoms with Crippen molar-refractivity contribution in [2.45, 2.75) is 37.9 Å². The second-order valence-corrected chi connectivity index (χ2v) is 3.18. The molecule has 0 aliphatic carbocycles. The number of aliphatic hydroxyl groups is 3. The molecule has 1 amide bonds. The maximum absolute atomic E-state index is 11.0. The first kappa shape index (κ1) is 11.4. The number of hydrogen-bond acceptors (Lipinski definition) is 5. The van der Waals surface area contributed by atoms with Crippen molar-refractivity contribution in [3.63, 3.8) is 0 Å². The first-order valence-corrected chi connectivity index (χ1v) is 4.52. The molecule has 14 heavy (non-hydrogen) atoms. The number of nitrogens with one attached hydrogen (secondary N) is 1. The minimum Gasteiger partial charge on any atom is -0.394 e. The highest BCUT2D eigenvalue weighted by molar-refractivity contribution is 5.75. The summed E-state index contributed by atoms with van der Waals surface area (Å²) in [6, 6.07) is 0. The lowest BCUT2D eigenvalue weighted by molar-refractivity contribution is -0.127. The average molecular weight is 205 g/mol. The summed E-state index contributed by atoms with van der Waals surface area (Å²) in [4.78, 5) is 11.0. The molecule has 0 saturated carbocycles. The molecular formula is C8H15NO5. The van der Waals surface area contributed by atoms with Gasteiger partial charge < -0.3 is 25.4 Å². The fraction of sp³-hybridized carbons (Fsp3) is 0.875. The van der Waals surface area contributed by atoms with Crippen molar-refractivity contribution in [3.05, 3.63) is 0 Å². The van der Waals surface area contributed by atoms with E-state index in [0.29, 0.717) is 0 Å². The third-order valence-corrected chi connectivity index (χ3v) is 2.17. The van der Waals surface area contributed by atoms with Gasteiger partial charge in [0.25, 0.3) is 0 Å². The van der Waals surface area contributed by atoms with Gasteiger partial charge in [0.2, 0.25) is 5.91 Å². The second-order valence-electron chi connectivity index (χ2n) is 3.18. The Kier molecular flexibility index (Phi) is 3.82. The van der Waals surface area contributed by atoms with Crippen molar-refractivity contribution in [1.29, 1.82) is 0 Å². The molecule has 1 aliphatic rings. The van der Waals surface area contributed by atoms with E-state index in [9.17, 15) is 15.0 Å². The molecule has 1 aliphatic heterocycles. The summed E-state index contributed by atoms with van der Waals surface area (Å²) in [7, 11) is 0. The Balaban J connectivity index is 2.52. The lowest BCUT2D eigenvalue weighted by atomic mass is 10.1. The smallest absolute Gasteiger partial charge is 0.221 e. The first-order valence-electron chi connectivity index (χ1n) is 4.52.